The summed E-state index contributed by atoms with van der Waals surface area (Å²) in [6, 6.07) is -0.00282. The summed E-state index contributed by atoms with van der Waals surface area (Å²) in [4.78, 5) is 2.29. The average Bonchev–Trinajstić information content (AvgIpc) is 2.43. The number of hydrogen-bond donors (Lipinski definition) is 2. The summed E-state index contributed by atoms with van der Waals surface area (Å²) >= 11 is 0. The number of nitrogens with zero attached hydrogens (tertiary/aromatic N) is 1. The normalized spacial score (nSPS) is 27.5. The van der Waals surface area contributed by atoms with E-state index in [1.807, 2.05) is 0 Å². The molecule has 0 aromatic carbocycles. The van der Waals surface area contributed by atoms with Gasteiger partial charge in [-0.1, -0.05) is 20.8 Å². The standard InChI is InChI=1S/C13H28N2O2/c1-10-8-15(6-5-7-17-10)11(9-16)12(14)13(2,3)4/h10-12,16H,5-9,14H2,1-4H3. The van der Waals surface area contributed by atoms with Crippen LogP contribution in [0.1, 0.15) is 34.1 Å². The lowest BCUT2D eigenvalue weighted by Crippen LogP contribution is -2.56. The van der Waals surface area contributed by atoms with E-state index in [2.05, 4.69) is 32.6 Å². The largest absolute Gasteiger partial charge is 0.395 e. The van der Waals surface area contributed by atoms with Crippen molar-refractivity contribution in [1.29, 1.82) is 0 Å². The maximum Gasteiger partial charge on any atom is 0.0674 e. The van der Waals surface area contributed by atoms with E-state index < -0.39 is 0 Å². The van der Waals surface area contributed by atoms with E-state index in [-0.39, 0.29) is 30.2 Å². The summed E-state index contributed by atoms with van der Waals surface area (Å²) < 4.78 is 5.63. The number of aliphatic hydroxyl groups is 1. The van der Waals surface area contributed by atoms with E-state index in [0.29, 0.717) is 0 Å². The molecule has 0 aromatic heterocycles. The Morgan fingerprint density at radius 1 is 1.47 bits per heavy atom. The number of rotatable bonds is 3. The lowest BCUT2D eigenvalue weighted by atomic mass is 9.82. The van der Waals surface area contributed by atoms with Crippen LogP contribution < -0.4 is 5.73 Å². The van der Waals surface area contributed by atoms with Gasteiger partial charge in [-0.3, -0.25) is 4.90 Å². The number of hydrogen-bond acceptors (Lipinski definition) is 4. The topological polar surface area (TPSA) is 58.7 Å². The van der Waals surface area contributed by atoms with Crippen LogP contribution in [-0.4, -0.2) is 54.5 Å². The molecule has 0 radical (unpaired) electrons. The van der Waals surface area contributed by atoms with Gasteiger partial charge in [0.05, 0.1) is 12.7 Å². The van der Waals surface area contributed by atoms with Gasteiger partial charge in [0.25, 0.3) is 0 Å². The Morgan fingerprint density at radius 2 is 2.12 bits per heavy atom. The molecule has 1 fully saturated rings. The first-order chi connectivity index (χ1) is 7.86. The molecule has 1 aliphatic heterocycles. The van der Waals surface area contributed by atoms with E-state index in [0.717, 1.165) is 26.1 Å². The highest BCUT2D eigenvalue weighted by Gasteiger charge is 2.33. The van der Waals surface area contributed by atoms with Gasteiger partial charge in [-0.05, 0) is 18.8 Å². The molecule has 17 heavy (non-hydrogen) atoms. The fraction of sp³-hybridized carbons (Fsp3) is 1.00. The van der Waals surface area contributed by atoms with Gasteiger partial charge < -0.3 is 15.6 Å². The minimum absolute atomic E-state index is 0.00377. The van der Waals surface area contributed by atoms with Crippen LogP contribution in [0.4, 0.5) is 0 Å². The molecular formula is C13H28N2O2. The summed E-state index contributed by atoms with van der Waals surface area (Å²) in [5.74, 6) is 0. The van der Waals surface area contributed by atoms with Crippen molar-refractivity contribution in [3.8, 4) is 0 Å². The van der Waals surface area contributed by atoms with Gasteiger partial charge in [-0.2, -0.15) is 0 Å². The van der Waals surface area contributed by atoms with Crippen molar-refractivity contribution in [1.82, 2.24) is 4.90 Å². The first kappa shape index (κ1) is 14.9. The van der Waals surface area contributed by atoms with Crippen LogP contribution in [0.2, 0.25) is 0 Å². The minimum atomic E-state index is -0.0298. The van der Waals surface area contributed by atoms with Gasteiger partial charge >= 0.3 is 0 Å². The highest BCUT2D eigenvalue weighted by atomic mass is 16.5. The lowest BCUT2D eigenvalue weighted by Gasteiger charge is -2.40. The summed E-state index contributed by atoms with van der Waals surface area (Å²) in [5.41, 5.74) is 6.29. The summed E-state index contributed by atoms with van der Waals surface area (Å²) in [5, 5.41) is 9.63. The second-order valence-electron chi connectivity index (χ2n) is 6.17. The molecule has 0 aliphatic carbocycles. The number of nitrogens with two attached hydrogens (primary N) is 1. The van der Waals surface area contributed by atoms with Gasteiger partial charge in [0, 0.05) is 31.8 Å². The van der Waals surface area contributed by atoms with Crippen LogP contribution in [0.3, 0.4) is 0 Å². The zero-order valence-corrected chi connectivity index (χ0v) is 11.6. The molecule has 1 heterocycles. The Balaban J connectivity index is 2.71. The third-order valence-electron chi connectivity index (χ3n) is 3.55. The highest BCUT2D eigenvalue weighted by Crippen LogP contribution is 2.23. The van der Waals surface area contributed by atoms with Crippen molar-refractivity contribution in [2.24, 2.45) is 11.1 Å². The van der Waals surface area contributed by atoms with Crippen LogP contribution >= 0.6 is 0 Å². The highest BCUT2D eigenvalue weighted by molar-refractivity contribution is 4.90. The quantitative estimate of drug-likeness (QED) is 0.772. The number of ether oxygens (including phenoxy) is 1. The molecule has 0 aromatic rings. The van der Waals surface area contributed by atoms with Crippen LogP contribution in [0.15, 0.2) is 0 Å². The van der Waals surface area contributed by atoms with E-state index >= 15 is 0 Å². The molecule has 102 valence electrons. The van der Waals surface area contributed by atoms with E-state index in [9.17, 15) is 5.11 Å². The third kappa shape index (κ3) is 4.21. The molecule has 3 N–H and O–H groups in total. The molecular weight excluding hydrogens is 216 g/mol. The Labute approximate surface area is 105 Å². The monoisotopic (exact) mass is 244 g/mol. The molecule has 1 saturated heterocycles. The Hall–Kier alpha value is -0.160. The lowest BCUT2D eigenvalue weighted by molar-refractivity contribution is 0.0351. The van der Waals surface area contributed by atoms with Gasteiger partial charge in [0.15, 0.2) is 0 Å². The Morgan fingerprint density at radius 3 is 2.65 bits per heavy atom. The molecule has 1 rings (SSSR count). The SMILES string of the molecule is CC1CN(C(CO)C(N)C(C)(C)C)CCCO1. The molecule has 4 heteroatoms. The second-order valence-corrected chi connectivity index (χ2v) is 6.17. The maximum atomic E-state index is 9.63. The fourth-order valence-electron chi connectivity index (χ4n) is 2.36. The first-order valence-corrected chi connectivity index (χ1v) is 6.58. The van der Waals surface area contributed by atoms with Crippen LogP contribution in [0.25, 0.3) is 0 Å². The number of aliphatic hydroxyl groups excluding tert-OH is 1. The summed E-state index contributed by atoms with van der Waals surface area (Å²) in [6.07, 6.45) is 1.23. The molecule has 4 nitrogen and oxygen atoms in total. The third-order valence-corrected chi connectivity index (χ3v) is 3.55. The Bertz CT molecular complexity index is 228. The zero-order valence-electron chi connectivity index (χ0n) is 11.6. The molecule has 1 aliphatic rings. The van der Waals surface area contributed by atoms with Crippen molar-refractivity contribution < 1.29 is 9.84 Å². The summed E-state index contributed by atoms with van der Waals surface area (Å²) in [7, 11) is 0. The van der Waals surface area contributed by atoms with Gasteiger partial charge in [0.2, 0.25) is 0 Å². The predicted octanol–water partition coefficient (Wildman–Crippen LogP) is 0.832. The minimum Gasteiger partial charge on any atom is -0.395 e. The molecule has 0 amide bonds. The van der Waals surface area contributed by atoms with Crippen molar-refractivity contribution >= 4 is 0 Å². The van der Waals surface area contributed by atoms with Gasteiger partial charge in [-0.15, -0.1) is 0 Å². The summed E-state index contributed by atoms with van der Waals surface area (Å²) in [6.45, 7) is 11.2. The molecule has 0 saturated carbocycles. The van der Waals surface area contributed by atoms with E-state index in [1.54, 1.807) is 0 Å². The molecule has 0 bridgehead atoms. The van der Waals surface area contributed by atoms with Crippen LogP contribution in [-0.2, 0) is 4.74 Å². The van der Waals surface area contributed by atoms with Crippen molar-refractivity contribution in [2.75, 3.05) is 26.3 Å². The first-order valence-electron chi connectivity index (χ1n) is 6.58. The van der Waals surface area contributed by atoms with Gasteiger partial charge in [0.1, 0.15) is 0 Å². The predicted molar refractivity (Wildman–Crippen MR) is 69.9 cm³/mol. The van der Waals surface area contributed by atoms with E-state index in [4.69, 9.17) is 10.5 Å². The average molecular weight is 244 g/mol. The fourth-order valence-corrected chi connectivity index (χ4v) is 2.36. The second kappa shape index (κ2) is 6.14. The molecule has 0 spiro atoms. The van der Waals surface area contributed by atoms with Crippen LogP contribution in [0, 0.1) is 5.41 Å². The zero-order chi connectivity index (χ0) is 13.1. The Kier molecular flexibility index (Phi) is 5.38. The van der Waals surface area contributed by atoms with Crippen molar-refractivity contribution in [3.63, 3.8) is 0 Å². The smallest absolute Gasteiger partial charge is 0.0674 e. The van der Waals surface area contributed by atoms with Crippen molar-refractivity contribution in [3.05, 3.63) is 0 Å². The molecule has 3 unspecified atom stereocenters. The maximum absolute atomic E-state index is 9.63. The van der Waals surface area contributed by atoms with Crippen LogP contribution in [0.5, 0.6) is 0 Å². The molecule has 3 atom stereocenters. The van der Waals surface area contributed by atoms with Crippen molar-refractivity contribution in [2.45, 2.75) is 52.3 Å². The van der Waals surface area contributed by atoms with E-state index in [1.165, 1.54) is 0 Å². The van der Waals surface area contributed by atoms with Gasteiger partial charge in [-0.25, -0.2) is 0 Å².